The van der Waals surface area contributed by atoms with Crippen LogP contribution in [0.2, 0.25) is 0 Å². The summed E-state index contributed by atoms with van der Waals surface area (Å²) in [6.45, 7) is 0.923. The molecule has 1 rings (SSSR count). The lowest BCUT2D eigenvalue weighted by molar-refractivity contribution is -0.132. The molecule has 9 heteroatoms. The van der Waals surface area contributed by atoms with E-state index in [0.717, 1.165) is 6.07 Å². The van der Waals surface area contributed by atoms with Crippen LogP contribution >= 0.6 is 0 Å². The lowest BCUT2D eigenvalue weighted by atomic mass is 10.1. The number of primary sulfonamides is 1. The van der Waals surface area contributed by atoms with Crippen molar-refractivity contribution in [3.05, 3.63) is 29.3 Å². The average molecular weight is 310 g/mol. The van der Waals surface area contributed by atoms with Crippen LogP contribution in [0.1, 0.15) is 22.3 Å². The molecule has 112 valence electrons. The summed E-state index contributed by atoms with van der Waals surface area (Å²) in [7, 11) is -3.88. The van der Waals surface area contributed by atoms with Crippen LogP contribution in [0.4, 0.5) is 13.2 Å². The van der Waals surface area contributed by atoms with Crippen molar-refractivity contribution in [3.63, 3.8) is 0 Å². The fourth-order valence-corrected chi connectivity index (χ4v) is 2.08. The van der Waals surface area contributed by atoms with Gasteiger partial charge >= 0.3 is 6.18 Å². The first-order valence-corrected chi connectivity index (χ1v) is 7.04. The second kappa shape index (κ2) is 5.80. The third-order valence-corrected chi connectivity index (χ3v) is 3.38. The zero-order chi connectivity index (χ0) is 15.6. The first kappa shape index (κ1) is 16.4. The Labute approximate surface area is 114 Å². The lowest BCUT2D eigenvalue weighted by Crippen LogP contribution is -2.28. The highest BCUT2D eigenvalue weighted by Crippen LogP contribution is 2.18. The SMILES string of the molecule is Cc1cc(S(N)(=O)=O)ccc1C(=O)NCCC(F)(F)F. The molecule has 20 heavy (non-hydrogen) atoms. The summed E-state index contributed by atoms with van der Waals surface area (Å²) in [6.07, 6.45) is -5.48. The molecule has 0 aromatic heterocycles. The van der Waals surface area contributed by atoms with E-state index in [1.165, 1.54) is 19.1 Å². The quantitative estimate of drug-likeness (QED) is 0.879. The third kappa shape index (κ3) is 4.82. The Kier molecular flexibility index (Phi) is 4.77. The molecule has 0 aliphatic carbocycles. The summed E-state index contributed by atoms with van der Waals surface area (Å²) in [6, 6.07) is 3.52. The van der Waals surface area contributed by atoms with Crippen LogP contribution in [0.25, 0.3) is 0 Å². The molecule has 3 N–H and O–H groups in total. The summed E-state index contributed by atoms with van der Waals surface area (Å²) < 4.78 is 58.0. The standard InChI is InChI=1S/C11H13F3N2O3S/c1-7-6-8(20(15,18)19)2-3-9(7)10(17)16-5-4-11(12,13)14/h2-3,6H,4-5H2,1H3,(H,16,17)(H2,15,18,19). The number of alkyl halides is 3. The first-order chi connectivity index (χ1) is 9.00. The number of hydrogen-bond acceptors (Lipinski definition) is 3. The van der Waals surface area contributed by atoms with Crippen molar-refractivity contribution in [3.8, 4) is 0 Å². The molecule has 0 fully saturated rings. The van der Waals surface area contributed by atoms with Crippen molar-refractivity contribution >= 4 is 15.9 Å². The molecule has 0 spiro atoms. The summed E-state index contributed by atoms with van der Waals surface area (Å²) >= 11 is 0. The van der Waals surface area contributed by atoms with E-state index in [2.05, 4.69) is 5.32 Å². The van der Waals surface area contributed by atoms with Gasteiger partial charge in [0.05, 0.1) is 11.3 Å². The molecule has 1 aromatic rings. The largest absolute Gasteiger partial charge is 0.390 e. The van der Waals surface area contributed by atoms with Gasteiger partial charge < -0.3 is 5.32 Å². The average Bonchev–Trinajstić information content (AvgIpc) is 2.25. The van der Waals surface area contributed by atoms with Gasteiger partial charge in [-0.05, 0) is 30.7 Å². The van der Waals surface area contributed by atoms with Gasteiger partial charge in [-0.15, -0.1) is 0 Å². The number of nitrogens with two attached hydrogens (primary N) is 1. The van der Waals surface area contributed by atoms with E-state index < -0.39 is 35.1 Å². The van der Waals surface area contributed by atoms with Crippen LogP contribution in [0.3, 0.4) is 0 Å². The van der Waals surface area contributed by atoms with Crippen molar-refractivity contribution in [2.45, 2.75) is 24.4 Å². The van der Waals surface area contributed by atoms with Crippen molar-refractivity contribution in [2.75, 3.05) is 6.54 Å². The van der Waals surface area contributed by atoms with E-state index in [-0.39, 0.29) is 10.5 Å². The van der Waals surface area contributed by atoms with E-state index in [4.69, 9.17) is 5.14 Å². The number of benzene rings is 1. The van der Waals surface area contributed by atoms with E-state index in [9.17, 15) is 26.4 Å². The van der Waals surface area contributed by atoms with Crippen LogP contribution in [-0.2, 0) is 10.0 Å². The van der Waals surface area contributed by atoms with Gasteiger partial charge in [0.25, 0.3) is 5.91 Å². The van der Waals surface area contributed by atoms with Crippen LogP contribution in [-0.4, -0.2) is 27.0 Å². The highest BCUT2D eigenvalue weighted by Gasteiger charge is 2.26. The highest BCUT2D eigenvalue weighted by molar-refractivity contribution is 7.89. The summed E-state index contributed by atoms with van der Waals surface area (Å²) in [5.74, 6) is -0.701. The van der Waals surface area contributed by atoms with Gasteiger partial charge in [-0.1, -0.05) is 0 Å². The molecule has 0 atom stereocenters. The van der Waals surface area contributed by atoms with Gasteiger partial charge in [0.1, 0.15) is 0 Å². The zero-order valence-corrected chi connectivity index (χ0v) is 11.3. The molecule has 1 amide bonds. The van der Waals surface area contributed by atoms with Gasteiger partial charge in [-0.2, -0.15) is 13.2 Å². The number of sulfonamides is 1. The second-order valence-electron chi connectivity index (χ2n) is 4.14. The third-order valence-electron chi connectivity index (χ3n) is 2.47. The van der Waals surface area contributed by atoms with Crippen LogP contribution in [0.5, 0.6) is 0 Å². The van der Waals surface area contributed by atoms with Gasteiger partial charge in [-0.25, -0.2) is 13.6 Å². The second-order valence-corrected chi connectivity index (χ2v) is 5.70. The number of rotatable bonds is 4. The molecule has 1 aromatic carbocycles. The van der Waals surface area contributed by atoms with E-state index >= 15 is 0 Å². The number of carbonyl (C=O) groups excluding carboxylic acids is 1. The zero-order valence-electron chi connectivity index (χ0n) is 10.5. The van der Waals surface area contributed by atoms with Crippen molar-refractivity contribution in [2.24, 2.45) is 5.14 Å². The normalized spacial score (nSPS) is 12.2. The van der Waals surface area contributed by atoms with Gasteiger partial charge in [0, 0.05) is 12.1 Å². The van der Waals surface area contributed by atoms with Crippen LogP contribution < -0.4 is 10.5 Å². The number of nitrogens with one attached hydrogen (secondary N) is 1. The Balaban J connectivity index is 2.80. The molecule has 0 aliphatic heterocycles. The van der Waals surface area contributed by atoms with Crippen molar-refractivity contribution in [1.29, 1.82) is 0 Å². The Bertz CT molecular complexity index is 612. The van der Waals surface area contributed by atoms with E-state index in [1.807, 2.05) is 0 Å². The van der Waals surface area contributed by atoms with E-state index in [1.54, 1.807) is 0 Å². The molecule has 0 unspecified atom stereocenters. The highest BCUT2D eigenvalue weighted by atomic mass is 32.2. The van der Waals surface area contributed by atoms with Gasteiger partial charge in [0.15, 0.2) is 0 Å². The summed E-state index contributed by atoms with van der Waals surface area (Å²) in [5, 5.41) is 7.04. The fourth-order valence-electron chi connectivity index (χ4n) is 1.48. The minimum absolute atomic E-state index is 0.0968. The molecule has 0 aliphatic rings. The number of carbonyl (C=O) groups is 1. The molecule has 0 heterocycles. The first-order valence-electron chi connectivity index (χ1n) is 5.49. The maximum absolute atomic E-state index is 11.9. The Hall–Kier alpha value is -1.61. The summed E-state index contributed by atoms with van der Waals surface area (Å²) in [5.41, 5.74) is 0.403. The number of amides is 1. The lowest BCUT2D eigenvalue weighted by Gasteiger charge is -2.10. The molecule has 0 bridgehead atoms. The smallest absolute Gasteiger partial charge is 0.352 e. The molecular weight excluding hydrogens is 297 g/mol. The van der Waals surface area contributed by atoms with Gasteiger partial charge in [-0.3, -0.25) is 4.79 Å². The van der Waals surface area contributed by atoms with Crippen LogP contribution in [0, 0.1) is 6.92 Å². The topological polar surface area (TPSA) is 89.3 Å². The predicted octanol–water partition coefficient (Wildman–Crippen LogP) is 1.32. The summed E-state index contributed by atoms with van der Waals surface area (Å²) in [4.78, 5) is 11.5. The molecule has 5 nitrogen and oxygen atoms in total. The minimum Gasteiger partial charge on any atom is -0.352 e. The van der Waals surface area contributed by atoms with Crippen molar-refractivity contribution in [1.82, 2.24) is 5.32 Å². The molecular formula is C11H13F3N2O3S. The number of halogens is 3. The van der Waals surface area contributed by atoms with Gasteiger partial charge in [0.2, 0.25) is 10.0 Å². The fraction of sp³-hybridized carbons (Fsp3) is 0.364. The number of aryl methyl sites for hydroxylation is 1. The Morgan fingerprint density at radius 2 is 1.95 bits per heavy atom. The van der Waals surface area contributed by atoms with Crippen LogP contribution in [0.15, 0.2) is 23.1 Å². The maximum Gasteiger partial charge on any atom is 0.390 e. The molecule has 0 saturated heterocycles. The Morgan fingerprint density at radius 3 is 2.40 bits per heavy atom. The molecule has 0 radical (unpaired) electrons. The predicted molar refractivity (Wildman–Crippen MR) is 65.6 cm³/mol. The van der Waals surface area contributed by atoms with Crippen molar-refractivity contribution < 1.29 is 26.4 Å². The minimum atomic E-state index is -4.35. The number of hydrogen-bond donors (Lipinski definition) is 2. The molecule has 0 saturated carbocycles. The van der Waals surface area contributed by atoms with E-state index in [0.29, 0.717) is 5.56 Å². The maximum atomic E-state index is 11.9. The Morgan fingerprint density at radius 1 is 1.35 bits per heavy atom. The monoisotopic (exact) mass is 310 g/mol.